The second-order valence-corrected chi connectivity index (χ2v) is 9.83. The number of hydrogen-bond donors (Lipinski definition) is 1. The molecule has 5 rings (SSSR count). The summed E-state index contributed by atoms with van der Waals surface area (Å²) < 4.78 is 7.09. The van der Waals surface area contributed by atoms with E-state index in [1.165, 1.54) is 11.1 Å². The number of amides is 1. The zero-order valence-corrected chi connectivity index (χ0v) is 21.7. The largest absolute Gasteiger partial charge is 0.507 e. The zero-order valence-electron chi connectivity index (χ0n) is 20.2. The Balaban J connectivity index is 1.57. The van der Waals surface area contributed by atoms with Gasteiger partial charge >= 0.3 is 0 Å². The maximum absolute atomic E-state index is 13.4. The summed E-state index contributed by atoms with van der Waals surface area (Å²) in [5.41, 5.74) is 2.41. The second kappa shape index (κ2) is 10.7. The van der Waals surface area contributed by atoms with E-state index < -0.39 is 17.7 Å². The van der Waals surface area contributed by atoms with E-state index in [4.69, 9.17) is 27.9 Å². The molecular weight excluding hydrogens is 515 g/mol. The summed E-state index contributed by atoms with van der Waals surface area (Å²) in [6.45, 7) is 5.42. The van der Waals surface area contributed by atoms with Crippen LogP contribution in [0.2, 0.25) is 10.0 Å². The molecule has 0 spiro atoms. The van der Waals surface area contributed by atoms with Crippen LogP contribution in [0, 0.1) is 6.92 Å². The lowest BCUT2D eigenvalue weighted by atomic mass is 9.95. The number of benzene rings is 2. The number of para-hydroxylation sites is 1. The smallest absolute Gasteiger partial charge is 0.295 e. The SMILES string of the molecule is Cc1c(/C(O)=C2\C(=O)C(=O)N(CCN3CCOCC3)C2c2ccc(Cl)c(Cl)c2)cnn1-c1ccccc1. The molecule has 37 heavy (non-hydrogen) atoms. The van der Waals surface area contributed by atoms with Gasteiger partial charge in [0.2, 0.25) is 0 Å². The van der Waals surface area contributed by atoms with Gasteiger partial charge in [0.15, 0.2) is 0 Å². The second-order valence-electron chi connectivity index (χ2n) is 9.01. The lowest BCUT2D eigenvalue weighted by Gasteiger charge is -2.31. The molecule has 0 aliphatic carbocycles. The number of aliphatic hydroxyl groups is 1. The van der Waals surface area contributed by atoms with Crippen LogP contribution in [0.5, 0.6) is 0 Å². The van der Waals surface area contributed by atoms with Crippen LogP contribution in [0.1, 0.15) is 22.9 Å². The minimum atomic E-state index is -0.824. The van der Waals surface area contributed by atoms with Crippen molar-refractivity contribution in [1.82, 2.24) is 19.6 Å². The lowest BCUT2D eigenvalue weighted by Crippen LogP contribution is -2.42. The average molecular weight is 541 g/mol. The maximum Gasteiger partial charge on any atom is 0.295 e. The molecule has 1 unspecified atom stereocenters. The Bertz CT molecular complexity index is 1370. The molecule has 1 N–H and O–H groups in total. The first-order valence-corrected chi connectivity index (χ1v) is 12.8. The van der Waals surface area contributed by atoms with Crippen molar-refractivity contribution in [2.24, 2.45) is 0 Å². The van der Waals surface area contributed by atoms with Crippen LogP contribution in [0.3, 0.4) is 0 Å². The van der Waals surface area contributed by atoms with Crippen molar-refractivity contribution in [2.75, 3.05) is 39.4 Å². The van der Waals surface area contributed by atoms with Gasteiger partial charge in [-0.3, -0.25) is 14.5 Å². The molecule has 2 saturated heterocycles. The third-order valence-corrected chi connectivity index (χ3v) is 7.56. The molecule has 2 fully saturated rings. The highest BCUT2D eigenvalue weighted by molar-refractivity contribution is 6.47. The van der Waals surface area contributed by atoms with Gasteiger partial charge in [0, 0.05) is 26.2 Å². The van der Waals surface area contributed by atoms with E-state index in [-0.39, 0.29) is 11.3 Å². The van der Waals surface area contributed by atoms with Gasteiger partial charge in [-0.15, -0.1) is 0 Å². The number of halogens is 2. The number of Topliss-reactive ketones (excluding diaryl/α,β-unsaturated/α-hetero) is 1. The zero-order chi connectivity index (χ0) is 26.1. The molecule has 10 heteroatoms. The molecule has 0 bridgehead atoms. The number of aliphatic hydroxyl groups excluding tert-OH is 1. The first-order chi connectivity index (χ1) is 17.9. The van der Waals surface area contributed by atoms with E-state index in [0.717, 1.165) is 18.8 Å². The van der Waals surface area contributed by atoms with E-state index in [1.807, 2.05) is 30.3 Å². The number of carbonyl (C=O) groups excluding carboxylic acids is 2. The molecule has 3 aromatic rings. The molecule has 2 aromatic carbocycles. The Labute approximate surface area is 224 Å². The highest BCUT2D eigenvalue weighted by atomic mass is 35.5. The summed E-state index contributed by atoms with van der Waals surface area (Å²) in [6.07, 6.45) is 1.50. The van der Waals surface area contributed by atoms with Gasteiger partial charge in [-0.1, -0.05) is 47.5 Å². The Morgan fingerprint density at radius 3 is 2.49 bits per heavy atom. The Kier molecular flexibility index (Phi) is 7.35. The molecule has 0 saturated carbocycles. The van der Waals surface area contributed by atoms with Crippen molar-refractivity contribution in [1.29, 1.82) is 0 Å². The molecular formula is C27H26Cl2N4O4. The van der Waals surface area contributed by atoms with E-state index in [0.29, 0.717) is 53.2 Å². The van der Waals surface area contributed by atoms with E-state index in [1.54, 1.807) is 29.8 Å². The first-order valence-electron chi connectivity index (χ1n) is 12.0. The van der Waals surface area contributed by atoms with Crippen LogP contribution >= 0.6 is 23.2 Å². The molecule has 1 atom stereocenters. The summed E-state index contributed by atoms with van der Waals surface area (Å²) in [6, 6.07) is 13.6. The van der Waals surface area contributed by atoms with Crippen LogP contribution in [0.25, 0.3) is 11.4 Å². The van der Waals surface area contributed by atoms with Gasteiger partial charge < -0.3 is 14.7 Å². The van der Waals surface area contributed by atoms with Crippen LogP contribution < -0.4 is 0 Å². The van der Waals surface area contributed by atoms with E-state index in [2.05, 4.69) is 10.00 Å². The number of hydrogen-bond acceptors (Lipinski definition) is 6. The number of aromatic nitrogens is 2. The van der Waals surface area contributed by atoms with Crippen molar-refractivity contribution < 1.29 is 19.4 Å². The van der Waals surface area contributed by atoms with Crippen molar-refractivity contribution in [2.45, 2.75) is 13.0 Å². The predicted molar refractivity (Wildman–Crippen MR) is 141 cm³/mol. The number of likely N-dealkylation sites (tertiary alicyclic amines) is 1. The molecule has 2 aliphatic heterocycles. The van der Waals surface area contributed by atoms with Crippen LogP contribution in [0.15, 0.2) is 60.3 Å². The van der Waals surface area contributed by atoms with Gasteiger partial charge in [-0.05, 0) is 36.8 Å². The van der Waals surface area contributed by atoms with E-state index in [9.17, 15) is 14.7 Å². The number of carbonyl (C=O) groups is 2. The van der Waals surface area contributed by atoms with Gasteiger partial charge in [0.1, 0.15) is 5.76 Å². The number of nitrogens with zero attached hydrogens (tertiary/aromatic N) is 4. The van der Waals surface area contributed by atoms with Gasteiger partial charge in [-0.25, -0.2) is 4.68 Å². The average Bonchev–Trinajstić information content (AvgIpc) is 3.42. The standard InChI is InChI=1S/C27H26Cl2N4O4/c1-17-20(16-30-33(17)19-5-3-2-4-6-19)25(34)23-24(18-7-8-21(28)22(29)15-18)32(27(36)26(23)35)10-9-31-11-13-37-14-12-31/h2-8,15-16,24,34H,9-14H2,1H3/b25-23+. The fourth-order valence-corrected chi connectivity index (χ4v) is 5.14. The Morgan fingerprint density at radius 2 is 1.78 bits per heavy atom. The summed E-state index contributed by atoms with van der Waals surface area (Å²) in [4.78, 5) is 30.3. The van der Waals surface area contributed by atoms with Crippen molar-refractivity contribution in [3.05, 3.63) is 87.2 Å². The number of rotatable bonds is 6. The molecule has 8 nitrogen and oxygen atoms in total. The monoisotopic (exact) mass is 540 g/mol. The van der Waals surface area contributed by atoms with E-state index >= 15 is 0 Å². The maximum atomic E-state index is 13.4. The number of ketones is 1. The quantitative estimate of drug-likeness (QED) is 0.286. The van der Waals surface area contributed by atoms with Gasteiger partial charge in [0.05, 0.1) is 58.0 Å². The normalized spacial score (nSPS) is 20.1. The van der Waals surface area contributed by atoms with Gasteiger partial charge in [0.25, 0.3) is 11.7 Å². The fraction of sp³-hybridized carbons (Fsp3) is 0.296. The van der Waals surface area contributed by atoms with Gasteiger partial charge in [-0.2, -0.15) is 5.10 Å². The first kappa shape index (κ1) is 25.5. The van der Waals surface area contributed by atoms with Crippen molar-refractivity contribution in [3.8, 4) is 5.69 Å². The van der Waals surface area contributed by atoms with Crippen LogP contribution in [0.4, 0.5) is 0 Å². The molecule has 192 valence electrons. The third kappa shape index (κ3) is 4.90. The molecule has 2 aliphatic rings. The number of ether oxygens (including phenoxy) is 1. The molecule has 0 radical (unpaired) electrons. The minimum absolute atomic E-state index is 0.000998. The summed E-state index contributed by atoms with van der Waals surface area (Å²) in [5, 5.41) is 16.6. The van der Waals surface area contributed by atoms with Crippen LogP contribution in [-0.4, -0.2) is 75.8 Å². The molecule has 1 aromatic heterocycles. The molecule has 3 heterocycles. The molecule has 1 amide bonds. The predicted octanol–water partition coefficient (Wildman–Crippen LogP) is 4.24. The Morgan fingerprint density at radius 1 is 1.05 bits per heavy atom. The summed E-state index contributed by atoms with van der Waals surface area (Å²) >= 11 is 12.5. The highest BCUT2D eigenvalue weighted by Crippen LogP contribution is 2.41. The topological polar surface area (TPSA) is 87.9 Å². The third-order valence-electron chi connectivity index (χ3n) is 6.83. The fourth-order valence-electron chi connectivity index (χ4n) is 4.83. The summed E-state index contributed by atoms with van der Waals surface area (Å²) in [5.74, 6) is -1.69. The van der Waals surface area contributed by atoms with Crippen molar-refractivity contribution in [3.63, 3.8) is 0 Å². The van der Waals surface area contributed by atoms with Crippen molar-refractivity contribution >= 4 is 40.7 Å². The highest BCUT2D eigenvalue weighted by Gasteiger charge is 2.46. The summed E-state index contributed by atoms with van der Waals surface area (Å²) in [7, 11) is 0. The minimum Gasteiger partial charge on any atom is -0.507 e. The van der Waals surface area contributed by atoms with Crippen LogP contribution in [-0.2, 0) is 14.3 Å². The lowest BCUT2D eigenvalue weighted by molar-refractivity contribution is -0.140. The Hall–Kier alpha value is -3.17. The number of morpholine rings is 1.